The van der Waals surface area contributed by atoms with E-state index >= 15 is 0 Å². The van der Waals surface area contributed by atoms with Gasteiger partial charge in [-0.15, -0.1) is 11.3 Å². The monoisotopic (exact) mass is 473 g/mol. The van der Waals surface area contributed by atoms with Crippen LogP contribution in [0.4, 0.5) is 11.4 Å². The Morgan fingerprint density at radius 3 is 2.62 bits per heavy atom. The minimum Gasteiger partial charge on any atom is -0.497 e. The normalized spacial score (nSPS) is 14.6. The molecule has 174 valence electrons. The van der Waals surface area contributed by atoms with Gasteiger partial charge in [0, 0.05) is 49.0 Å². The van der Waals surface area contributed by atoms with Crippen LogP contribution in [0, 0.1) is 0 Å². The van der Waals surface area contributed by atoms with Crippen molar-refractivity contribution in [3.63, 3.8) is 0 Å². The summed E-state index contributed by atoms with van der Waals surface area (Å²) in [5.74, 6) is 1.47. The number of benzene rings is 2. The van der Waals surface area contributed by atoms with E-state index in [2.05, 4.69) is 27.0 Å². The Labute approximate surface area is 202 Å². The van der Waals surface area contributed by atoms with Gasteiger partial charge in [-0.2, -0.15) is 0 Å². The highest BCUT2D eigenvalue weighted by molar-refractivity contribution is 7.12. The molecule has 4 aromatic rings. The number of amidine groups is 1. The van der Waals surface area contributed by atoms with Crippen molar-refractivity contribution in [3.05, 3.63) is 76.6 Å². The number of aromatic nitrogens is 1. The van der Waals surface area contributed by atoms with Crippen LogP contribution in [0.5, 0.6) is 5.75 Å². The number of rotatable bonds is 6. The molecule has 1 aliphatic rings. The second-order valence-electron chi connectivity index (χ2n) is 8.26. The van der Waals surface area contributed by atoms with Crippen LogP contribution in [0.1, 0.15) is 10.4 Å². The highest BCUT2D eigenvalue weighted by Crippen LogP contribution is 2.25. The van der Waals surface area contributed by atoms with Gasteiger partial charge >= 0.3 is 0 Å². The van der Waals surface area contributed by atoms with Crippen molar-refractivity contribution in [2.24, 2.45) is 10.7 Å². The quantitative estimate of drug-likeness (QED) is 0.325. The van der Waals surface area contributed by atoms with E-state index in [9.17, 15) is 4.79 Å². The minimum absolute atomic E-state index is 0.150. The first kappa shape index (κ1) is 22.0. The van der Waals surface area contributed by atoms with E-state index in [1.165, 1.54) is 0 Å². The number of aromatic amines is 1. The van der Waals surface area contributed by atoms with Crippen LogP contribution in [0.3, 0.4) is 0 Å². The van der Waals surface area contributed by atoms with E-state index in [4.69, 9.17) is 10.5 Å². The zero-order valence-electron chi connectivity index (χ0n) is 19.0. The van der Waals surface area contributed by atoms with E-state index in [0.29, 0.717) is 25.3 Å². The standard InChI is InChI=1S/C26H27N5O2S/c1-33-21-8-9-23-22(16-21)18(17-28-23)15-25(32)31-12-10-30(11-13-31)20-6-4-19(5-7-20)29-26(27)24-3-2-14-34-24/h2-9,14,16-17,28H,10-13,15H2,1H3,(H2,27,29). The topological polar surface area (TPSA) is 87.0 Å². The van der Waals surface area contributed by atoms with E-state index in [0.717, 1.165) is 51.6 Å². The molecule has 0 atom stereocenters. The van der Waals surface area contributed by atoms with Gasteiger partial charge < -0.3 is 25.3 Å². The third kappa shape index (κ3) is 4.63. The summed E-state index contributed by atoms with van der Waals surface area (Å²) in [6.45, 7) is 3.01. The number of fused-ring (bicyclic) bond motifs is 1. The number of nitrogens with one attached hydrogen (secondary N) is 1. The Bertz CT molecular complexity index is 1300. The van der Waals surface area contributed by atoms with Crippen molar-refractivity contribution in [1.29, 1.82) is 0 Å². The van der Waals surface area contributed by atoms with Gasteiger partial charge in [0.15, 0.2) is 0 Å². The number of carbonyl (C=O) groups excluding carboxylic acids is 1. The van der Waals surface area contributed by atoms with Crippen LogP contribution in [0.25, 0.3) is 10.9 Å². The number of anilines is 1. The fourth-order valence-electron chi connectivity index (χ4n) is 4.28. The van der Waals surface area contributed by atoms with Crippen molar-refractivity contribution in [1.82, 2.24) is 9.88 Å². The molecule has 7 nitrogen and oxygen atoms in total. The molecule has 1 amide bonds. The Kier molecular flexibility index (Phi) is 6.22. The number of amides is 1. The number of hydrogen-bond donors (Lipinski definition) is 2. The number of carbonyl (C=O) groups is 1. The highest BCUT2D eigenvalue weighted by Gasteiger charge is 2.22. The van der Waals surface area contributed by atoms with Crippen LogP contribution < -0.4 is 15.4 Å². The summed E-state index contributed by atoms with van der Waals surface area (Å²) in [5, 5.41) is 3.02. The molecule has 1 aliphatic heterocycles. The second kappa shape index (κ2) is 9.61. The lowest BCUT2D eigenvalue weighted by atomic mass is 10.1. The molecular weight excluding hydrogens is 446 g/mol. The molecule has 1 saturated heterocycles. The number of ether oxygens (including phenoxy) is 1. The van der Waals surface area contributed by atoms with Gasteiger partial charge in [0.1, 0.15) is 11.6 Å². The summed E-state index contributed by atoms with van der Waals surface area (Å²) in [4.78, 5) is 26.0. The molecule has 2 aromatic carbocycles. The lowest BCUT2D eigenvalue weighted by molar-refractivity contribution is -0.130. The summed E-state index contributed by atoms with van der Waals surface area (Å²) >= 11 is 1.58. The minimum atomic E-state index is 0.150. The first-order valence-corrected chi connectivity index (χ1v) is 12.1. The molecule has 0 saturated carbocycles. The third-order valence-electron chi connectivity index (χ3n) is 6.19. The third-order valence-corrected chi connectivity index (χ3v) is 7.08. The molecule has 34 heavy (non-hydrogen) atoms. The molecule has 0 unspecified atom stereocenters. The smallest absolute Gasteiger partial charge is 0.227 e. The first-order valence-electron chi connectivity index (χ1n) is 11.3. The zero-order chi connectivity index (χ0) is 23.5. The van der Waals surface area contributed by atoms with Crippen molar-refractivity contribution >= 4 is 45.4 Å². The molecule has 0 aliphatic carbocycles. The second-order valence-corrected chi connectivity index (χ2v) is 9.21. The van der Waals surface area contributed by atoms with Gasteiger partial charge in [-0.1, -0.05) is 6.07 Å². The fraction of sp³-hybridized carbons (Fsp3) is 0.231. The fourth-order valence-corrected chi connectivity index (χ4v) is 4.90. The van der Waals surface area contributed by atoms with E-state index in [1.807, 2.05) is 58.9 Å². The van der Waals surface area contributed by atoms with Crippen LogP contribution in [-0.4, -0.2) is 54.9 Å². The van der Waals surface area contributed by atoms with Crippen molar-refractivity contribution in [3.8, 4) is 5.75 Å². The molecular formula is C26H27N5O2S. The molecule has 3 heterocycles. The number of nitrogens with zero attached hydrogens (tertiary/aromatic N) is 3. The number of H-pyrrole nitrogens is 1. The number of thiophene rings is 1. The Morgan fingerprint density at radius 2 is 1.91 bits per heavy atom. The number of piperazine rings is 1. The van der Waals surface area contributed by atoms with Gasteiger partial charge in [-0.3, -0.25) is 4.79 Å². The first-order chi connectivity index (χ1) is 16.6. The lowest BCUT2D eigenvalue weighted by Gasteiger charge is -2.36. The molecule has 0 bridgehead atoms. The number of methoxy groups -OCH3 is 1. The number of hydrogen-bond acceptors (Lipinski definition) is 5. The van der Waals surface area contributed by atoms with E-state index in [1.54, 1.807) is 18.4 Å². The predicted octanol–water partition coefficient (Wildman–Crippen LogP) is 4.17. The maximum Gasteiger partial charge on any atom is 0.227 e. The van der Waals surface area contributed by atoms with E-state index < -0.39 is 0 Å². The summed E-state index contributed by atoms with van der Waals surface area (Å²) in [5.41, 5.74) is 10.1. The highest BCUT2D eigenvalue weighted by atomic mass is 32.1. The molecule has 0 spiro atoms. The van der Waals surface area contributed by atoms with Gasteiger partial charge in [-0.25, -0.2) is 4.99 Å². The van der Waals surface area contributed by atoms with Gasteiger partial charge in [0.25, 0.3) is 0 Å². The Balaban J connectivity index is 1.19. The Hall–Kier alpha value is -3.78. The van der Waals surface area contributed by atoms with Gasteiger partial charge in [0.2, 0.25) is 5.91 Å². The van der Waals surface area contributed by atoms with Crippen LogP contribution >= 0.6 is 11.3 Å². The summed E-state index contributed by atoms with van der Waals surface area (Å²) < 4.78 is 5.34. The molecule has 8 heteroatoms. The predicted molar refractivity (Wildman–Crippen MR) is 138 cm³/mol. The molecule has 3 N–H and O–H groups in total. The van der Waals surface area contributed by atoms with Crippen molar-refractivity contribution in [2.75, 3.05) is 38.2 Å². The van der Waals surface area contributed by atoms with Gasteiger partial charge in [-0.05, 0) is 59.5 Å². The van der Waals surface area contributed by atoms with Crippen molar-refractivity contribution in [2.45, 2.75) is 6.42 Å². The average Bonchev–Trinajstić information content (AvgIpc) is 3.55. The molecule has 2 aromatic heterocycles. The average molecular weight is 474 g/mol. The lowest BCUT2D eigenvalue weighted by Crippen LogP contribution is -2.49. The van der Waals surface area contributed by atoms with Crippen molar-refractivity contribution < 1.29 is 9.53 Å². The zero-order valence-corrected chi connectivity index (χ0v) is 19.8. The van der Waals surface area contributed by atoms with Crippen LogP contribution in [-0.2, 0) is 11.2 Å². The molecule has 0 radical (unpaired) electrons. The van der Waals surface area contributed by atoms with Crippen LogP contribution in [0.15, 0.2) is 71.2 Å². The maximum absolute atomic E-state index is 13.0. The van der Waals surface area contributed by atoms with Gasteiger partial charge in [0.05, 0.1) is 24.1 Å². The summed E-state index contributed by atoms with van der Waals surface area (Å²) in [6.07, 6.45) is 2.30. The SMILES string of the molecule is COc1ccc2[nH]cc(CC(=O)N3CCN(c4ccc(N=C(N)c5cccs5)cc4)CC3)c2c1. The largest absolute Gasteiger partial charge is 0.497 e. The Morgan fingerprint density at radius 1 is 1.12 bits per heavy atom. The molecule has 5 rings (SSSR count). The summed E-state index contributed by atoms with van der Waals surface area (Å²) in [7, 11) is 1.65. The maximum atomic E-state index is 13.0. The summed E-state index contributed by atoms with van der Waals surface area (Å²) in [6, 6.07) is 17.9. The number of aliphatic imine (C=N–C) groups is 1. The van der Waals surface area contributed by atoms with E-state index in [-0.39, 0.29) is 5.91 Å². The number of nitrogens with two attached hydrogens (primary N) is 1. The van der Waals surface area contributed by atoms with Crippen LogP contribution in [0.2, 0.25) is 0 Å². The molecule has 1 fully saturated rings.